The Labute approximate surface area is 107 Å². The molecule has 0 aliphatic rings. The van der Waals surface area contributed by atoms with E-state index in [1.807, 2.05) is 0 Å². The van der Waals surface area contributed by atoms with Crippen LogP contribution in [0.4, 0.5) is 11.6 Å². The predicted molar refractivity (Wildman–Crippen MR) is 70.8 cm³/mol. The number of rotatable bonds is 7. The van der Waals surface area contributed by atoms with E-state index in [1.165, 1.54) is 6.33 Å². The lowest BCUT2D eigenvalue weighted by Crippen LogP contribution is -2.40. The van der Waals surface area contributed by atoms with Gasteiger partial charge in [0.2, 0.25) is 0 Å². The highest BCUT2D eigenvalue weighted by Gasteiger charge is 2.27. The highest BCUT2D eigenvalue weighted by atomic mass is 16.4. The number of nitrogens with zero attached hydrogens (tertiary/aromatic N) is 2. The number of carboxylic acid groups (broad SMARTS) is 1. The molecule has 1 rings (SSSR count). The molecule has 0 saturated heterocycles. The van der Waals surface area contributed by atoms with Crippen LogP contribution in [-0.4, -0.2) is 33.1 Å². The number of hydrogen-bond acceptors (Lipinski definition) is 5. The highest BCUT2D eigenvalue weighted by molar-refractivity contribution is 5.81. The summed E-state index contributed by atoms with van der Waals surface area (Å²) in [7, 11) is 0. The minimum Gasteiger partial charge on any atom is -0.480 e. The number of hydrogen-bond donors (Lipinski definition) is 3. The Bertz CT molecular complexity index is 407. The van der Waals surface area contributed by atoms with Crippen LogP contribution in [0.3, 0.4) is 0 Å². The maximum absolute atomic E-state index is 11.0. The van der Waals surface area contributed by atoms with Gasteiger partial charge in [-0.2, -0.15) is 0 Å². The molecule has 1 aromatic heterocycles. The summed E-state index contributed by atoms with van der Waals surface area (Å²) < 4.78 is 0. The van der Waals surface area contributed by atoms with E-state index in [0.717, 1.165) is 19.4 Å². The Balaban J connectivity index is 2.67. The third kappa shape index (κ3) is 4.20. The standard InChI is InChI=1S/C12H20N4O2/c1-4-5-6-13-9-7-10(15-8-14-9)16-12(2,3)11(17)18/h7-8H,4-6H2,1-3H3,(H,17,18)(H2,13,14,15,16). The average molecular weight is 252 g/mol. The van der Waals surface area contributed by atoms with Crippen LogP contribution in [-0.2, 0) is 4.79 Å². The molecule has 0 unspecified atom stereocenters. The zero-order valence-corrected chi connectivity index (χ0v) is 11.0. The number of nitrogens with one attached hydrogen (secondary N) is 2. The minimum absolute atomic E-state index is 0.497. The molecule has 0 radical (unpaired) electrons. The first-order valence-electron chi connectivity index (χ1n) is 6.03. The summed E-state index contributed by atoms with van der Waals surface area (Å²) in [5.74, 6) is 0.264. The summed E-state index contributed by atoms with van der Waals surface area (Å²) in [4.78, 5) is 19.1. The Kier molecular flexibility index (Phi) is 4.88. The second kappa shape index (κ2) is 6.18. The predicted octanol–water partition coefficient (Wildman–Crippen LogP) is 1.96. The number of aliphatic carboxylic acids is 1. The molecule has 1 aromatic rings. The smallest absolute Gasteiger partial charge is 0.328 e. The van der Waals surface area contributed by atoms with Gasteiger partial charge >= 0.3 is 5.97 Å². The van der Waals surface area contributed by atoms with Crippen molar-refractivity contribution in [1.29, 1.82) is 0 Å². The van der Waals surface area contributed by atoms with Crippen molar-refractivity contribution in [3.8, 4) is 0 Å². The number of unbranched alkanes of at least 4 members (excludes halogenated alkanes) is 1. The lowest BCUT2D eigenvalue weighted by Gasteiger charge is -2.21. The largest absolute Gasteiger partial charge is 0.480 e. The van der Waals surface area contributed by atoms with Gasteiger partial charge < -0.3 is 15.7 Å². The molecule has 0 amide bonds. The number of aromatic nitrogens is 2. The average Bonchev–Trinajstić information content (AvgIpc) is 2.29. The zero-order chi connectivity index (χ0) is 13.6. The summed E-state index contributed by atoms with van der Waals surface area (Å²) in [5, 5.41) is 15.0. The van der Waals surface area contributed by atoms with Crippen molar-refractivity contribution in [2.75, 3.05) is 17.2 Å². The van der Waals surface area contributed by atoms with Crippen LogP contribution >= 0.6 is 0 Å². The maximum Gasteiger partial charge on any atom is 0.328 e. The number of carboxylic acids is 1. The first-order valence-corrected chi connectivity index (χ1v) is 6.03. The molecule has 6 nitrogen and oxygen atoms in total. The molecule has 0 aliphatic carbocycles. The number of carbonyl (C=O) groups is 1. The van der Waals surface area contributed by atoms with E-state index in [9.17, 15) is 4.79 Å². The molecule has 1 heterocycles. The molecule has 18 heavy (non-hydrogen) atoms. The lowest BCUT2D eigenvalue weighted by molar-refractivity contribution is -0.141. The molecule has 100 valence electrons. The Hall–Kier alpha value is -1.85. The van der Waals surface area contributed by atoms with Gasteiger partial charge in [0, 0.05) is 12.6 Å². The fourth-order valence-electron chi connectivity index (χ4n) is 1.29. The van der Waals surface area contributed by atoms with Crippen LogP contribution in [0.2, 0.25) is 0 Å². The van der Waals surface area contributed by atoms with Crippen molar-refractivity contribution < 1.29 is 9.90 Å². The third-order valence-corrected chi connectivity index (χ3v) is 2.48. The SMILES string of the molecule is CCCCNc1cc(NC(C)(C)C(=O)O)ncn1. The molecule has 0 spiro atoms. The van der Waals surface area contributed by atoms with Gasteiger partial charge in [0.05, 0.1) is 0 Å². The number of anilines is 2. The topological polar surface area (TPSA) is 87.1 Å². The minimum atomic E-state index is -1.06. The first kappa shape index (κ1) is 14.2. The molecule has 0 saturated carbocycles. The van der Waals surface area contributed by atoms with Crippen LogP contribution in [0.5, 0.6) is 0 Å². The highest BCUT2D eigenvalue weighted by Crippen LogP contribution is 2.15. The second-order valence-corrected chi connectivity index (χ2v) is 4.62. The van der Waals surface area contributed by atoms with E-state index < -0.39 is 11.5 Å². The van der Waals surface area contributed by atoms with Gasteiger partial charge in [-0.15, -0.1) is 0 Å². The fourth-order valence-corrected chi connectivity index (χ4v) is 1.29. The summed E-state index contributed by atoms with van der Waals surface area (Å²) in [6.45, 7) is 6.13. The van der Waals surface area contributed by atoms with Gasteiger partial charge in [-0.05, 0) is 20.3 Å². The summed E-state index contributed by atoms with van der Waals surface area (Å²) in [6, 6.07) is 1.71. The van der Waals surface area contributed by atoms with Crippen LogP contribution in [0.15, 0.2) is 12.4 Å². The van der Waals surface area contributed by atoms with Gasteiger partial charge in [-0.25, -0.2) is 14.8 Å². The van der Waals surface area contributed by atoms with Gasteiger partial charge in [0.25, 0.3) is 0 Å². The summed E-state index contributed by atoms with van der Waals surface area (Å²) in [5.41, 5.74) is -1.06. The van der Waals surface area contributed by atoms with Gasteiger partial charge in [-0.3, -0.25) is 0 Å². The van der Waals surface area contributed by atoms with Crippen molar-refractivity contribution in [3.63, 3.8) is 0 Å². The van der Waals surface area contributed by atoms with Crippen molar-refractivity contribution in [1.82, 2.24) is 9.97 Å². The van der Waals surface area contributed by atoms with E-state index in [0.29, 0.717) is 11.6 Å². The molecule has 0 fully saturated rings. The molecular weight excluding hydrogens is 232 g/mol. The lowest BCUT2D eigenvalue weighted by atomic mass is 10.1. The normalized spacial score (nSPS) is 11.1. The van der Waals surface area contributed by atoms with Gasteiger partial charge in [-0.1, -0.05) is 13.3 Å². The fraction of sp³-hybridized carbons (Fsp3) is 0.583. The van der Waals surface area contributed by atoms with Crippen molar-refractivity contribution >= 4 is 17.6 Å². The molecule has 0 atom stereocenters. The van der Waals surface area contributed by atoms with Crippen LogP contribution in [0.25, 0.3) is 0 Å². The van der Waals surface area contributed by atoms with E-state index in [-0.39, 0.29) is 0 Å². The van der Waals surface area contributed by atoms with Crippen LogP contribution < -0.4 is 10.6 Å². The van der Waals surface area contributed by atoms with E-state index in [2.05, 4.69) is 27.5 Å². The molecule has 0 aliphatic heterocycles. The molecule has 0 bridgehead atoms. The van der Waals surface area contributed by atoms with Crippen LogP contribution in [0.1, 0.15) is 33.6 Å². The zero-order valence-electron chi connectivity index (χ0n) is 11.0. The third-order valence-electron chi connectivity index (χ3n) is 2.48. The molecule has 0 aromatic carbocycles. The molecular formula is C12H20N4O2. The van der Waals surface area contributed by atoms with E-state index >= 15 is 0 Å². The van der Waals surface area contributed by atoms with E-state index in [4.69, 9.17) is 5.11 Å². The maximum atomic E-state index is 11.0. The summed E-state index contributed by atoms with van der Waals surface area (Å²) in [6.07, 6.45) is 3.58. The molecule has 3 N–H and O–H groups in total. The van der Waals surface area contributed by atoms with Crippen molar-refractivity contribution in [2.45, 2.75) is 39.2 Å². The van der Waals surface area contributed by atoms with Gasteiger partial charge in [0.1, 0.15) is 23.5 Å². The van der Waals surface area contributed by atoms with Crippen LogP contribution in [0, 0.1) is 0 Å². The quantitative estimate of drug-likeness (QED) is 0.643. The Morgan fingerprint density at radius 3 is 2.67 bits per heavy atom. The molecule has 6 heteroatoms. The van der Waals surface area contributed by atoms with Gasteiger partial charge in [0.15, 0.2) is 0 Å². The summed E-state index contributed by atoms with van der Waals surface area (Å²) >= 11 is 0. The first-order chi connectivity index (χ1) is 8.45. The Morgan fingerprint density at radius 1 is 1.39 bits per heavy atom. The van der Waals surface area contributed by atoms with E-state index in [1.54, 1.807) is 19.9 Å². The monoisotopic (exact) mass is 252 g/mol. The second-order valence-electron chi connectivity index (χ2n) is 4.62. The van der Waals surface area contributed by atoms with Crippen molar-refractivity contribution in [3.05, 3.63) is 12.4 Å². The van der Waals surface area contributed by atoms with Crippen molar-refractivity contribution in [2.24, 2.45) is 0 Å². The Morgan fingerprint density at radius 2 is 2.06 bits per heavy atom.